The smallest absolute Gasteiger partial charge is 0.173 e. The topological polar surface area (TPSA) is 35.5 Å². The van der Waals surface area contributed by atoms with Gasteiger partial charge in [-0.05, 0) is 36.2 Å². The molecule has 0 aliphatic carbocycles. The van der Waals surface area contributed by atoms with E-state index in [1.165, 1.54) is 0 Å². The van der Waals surface area contributed by atoms with E-state index in [1.807, 2.05) is 24.3 Å². The first-order valence-corrected chi connectivity index (χ1v) is 7.15. The number of hydrogen-bond donors (Lipinski definition) is 0. The third-order valence-corrected chi connectivity index (χ3v) is 3.91. The predicted molar refractivity (Wildman–Crippen MR) is 81.5 cm³/mol. The highest BCUT2D eigenvalue weighted by Gasteiger charge is 2.28. The molecule has 0 saturated carbocycles. The van der Waals surface area contributed by atoms with Crippen molar-refractivity contribution in [1.82, 2.24) is 0 Å². The van der Waals surface area contributed by atoms with Gasteiger partial charge in [0.05, 0.1) is 25.2 Å². The second-order valence-electron chi connectivity index (χ2n) is 5.03. The van der Waals surface area contributed by atoms with Crippen LogP contribution in [0.4, 0.5) is 0 Å². The Kier molecular flexibility index (Phi) is 3.84. The number of hydrogen-bond acceptors (Lipinski definition) is 3. The summed E-state index contributed by atoms with van der Waals surface area (Å²) in [7, 11) is 1.55. The van der Waals surface area contributed by atoms with Crippen LogP contribution in [0.2, 0.25) is 5.02 Å². The number of carbonyl (C=O) groups excluding carboxylic acids is 1. The molecule has 1 atom stereocenters. The summed E-state index contributed by atoms with van der Waals surface area (Å²) in [5.41, 5.74) is 1.57. The van der Waals surface area contributed by atoms with Gasteiger partial charge in [-0.15, -0.1) is 0 Å². The molecule has 2 aromatic carbocycles. The zero-order chi connectivity index (χ0) is 14.8. The molecule has 1 heterocycles. The Hall–Kier alpha value is -2.00. The van der Waals surface area contributed by atoms with Crippen molar-refractivity contribution < 1.29 is 14.3 Å². The molecule has 3 nitrogen and oxygen atoms in total. The maximum absolute atomic E-state index is 12.7. The van der Waals surface area contributed by atoms with Crippen LogP contribution >= 0.6 is 11.6 Å². The molecule has 1 unspecified atom stereocenters. The normalized spacial score (nSPS) is 16.8. The monoisotopic (exact) mass is 302 g/mol. The lowest BCUT2D eigenvalue weighted by atomic mass is 9.89. The van der Waals surface area contributed by atoms with Gasteiger partial charge in [-0.3, -0.25) is 4.79 Å². The van der Waals surface area contributed by atoms with Crippen molar-refractivity contribution in [2.45, 2.75) is 6.42 Å². The summed E-state index contributed by atoms with van der Waals surface area (Å²) >= 11 is 6.00. The molecule has 0 radical (unpaired) electrons. The number of para-hydroxylation sites is 1. The molecule has 1 aliphatic rings. The van der Waals surface area contributed by atoms with Gasteiger partial charge < -0.3 is 9.47 Å². The number of halogens is 1. The number of ketones is 1. The minimum Gasteiger partial charge on any atom is -0.496 e. The Bertz CT molecular complexity index is 681. The summed E-state index contributed by atoms with van der Waals surface area (Å²) in [6.07, 6.45) is 0.671. The molecule has 108 valence electrons. The van der Waals surface area contributed by atoms with Crippen molar-refractivity contribution in [3.63, 3.8) is 0 Å². The minimum atomic E-state index is -0.215. The quantitative estimate of drug-likeness (QED) is 0.809. The molecule has 4 heteroatoms. The number of ether oxygens (including phenoxy) is 2. The molecule has 0 spiro atoms. The van der Waals surface area contributed by atoms with Crippen LogP contribution in [0.15, 0.2) is 42.5 Å². The van der Waals surface area contributed by atoms with Crippen molar-refractivity contribution in [1.29, 1.82) is 0 Å². The second kappa shape index (κ2) is 5.78. The van der Waals surface area contributed by atoms with Crippen LogP contribution in [0.25, 0.3) is 0 Å². The molecular formula is C17H15ClO3. The Morgan fingerprint density at radius 1 is 1.29 bits per heavy atom. The Balaban J connectivity index is 1.89. The van der Waals surface area contributed by atoms with Gasteiger partial charge in [0.1, 0.15) is 11.5 Å². The lowest BCUT2D eigenvalue weighted by molar-refractivity contribution is 0.0852. The van der Waals surface area contributed by atoms with Crippen LogP contribution in [0, 0.1) is 5.92 Å². The van der Waals surface area contributed by atoms with E-state index in [1.54, 1.807) is 25.3 Å². The van der Waals surface area contributed by atoms with Crippen molar-refractivity contribution >= 4 is 17.4 Å². The molecule has 2 aromatic rings. The highest BCUT2D eigenvalue weighted by Crippen LogP contribution is 2.31. The van der Waals surface area contributed by atoms with Crippen molar-refractivity contribution in [2.75, 3.05) is 13.7 Å². The zero-order valence-electron chi connectivity index (χ0n) is 11.6. The molecule has 0 N–H and O–H groups in total. The lowest BCUT2D eigenvalue weighted by Gasteiger charge is -2.24. The SMILES string of the molecule is COc1ccc(Cl)cc1C(=O)C1COc2ccccc2C1. The van der Waals surface area contributed by atoms with Crippen LogP contribution < -0.4 is 9.47 Å². The van der Waals surface area contributed by atoms with E-state index in [0.29, 0.717) is 29.4 Å². The maximum Gasteiger partial charge on any atom is 0.173 e. The largest absolute Gasteiger partial charge is 0.496 e. The number of carbonyl (C=O) groups is 1. The van der Waals surface area contributed by atoms with Gasteiger partial charge >= 0.3 is 0 Å². The third kappa shape index (κ3) is 2.74. The van der Waals surface area contributed by atoms with Gasteiger partial charge in [0.15, 0.2) is 5.78 Å². The van der Waals surface area contributed by atoms with Gasteiger partial charge in [0.2, 0.25) is 0 Å². The second-order valence-corrected chi connectivity index (χ2v) is 5.47. The van der Waals surface area contributed by atoms with Crippen LogP contribution in [0.3, 0.4) is 0 Å². The summed E-state index contributed by atoms with van der Waals surface area (Å²) in [6, 6.07) is 12.9. The molecule has 21 heavy (non-hydrogen) atoms. The summed E-state index contributed by atoms with van der Waals surface area (Å²) in [5, 5.41) is 0.524. The first kappa shape index (κ1) is 14.0. The zero-order valence-corrected chi connectivity index (χ0v) is 12.4. The molecule has 0 amide bonds. The van der Waals surface area contributed by atoms with E-state index in [0.717, 1.165) is 11.3 Å². The third-order valence-electron chi connectivity index (χ3n) is 3.68. The molecule has 0 bridgehead atoms. The minimum absolute atomic E-state index is 0.00357. The van der Waals surface area contributed by atoms with E-state index >= 15 is 0 Å². The van der Waals surface area contributed by atoms with Crippen molar-refractivity contribution in [3.05, 3.63) is 58.6 Å². The number of methoxy groups -OCH3 is 1. The van der Waals surface area contributed by atoms with Crippen LogP contribution in [0.1, 0.15) is 15.9 Å². The van der Waals surface area contributed by atoms with Gasteiger partial charge in [0.25, 0.3) is 0 Å². The molecule has 0 aromatic heterocycles. The molecule has 0 fully saturated rings. The van der Waals surface area contributed by atoms with Crippen LogP contribution in [0.5, 0.6) is 11.5 Å². The summed E-state index contributed by atoms with van der Waals surface area (Å²) in [4.78, 5) is 12.7. The van der Waals surface area contributed by atoms with Crippen LogP contribution in [-0.2, 0) is 6.42 Å². The fourth-order valence-electron chi connectivity index (χ4n) is 2.59. The number of benzene rings is 2. The van der Waals surface area contributed by atoms with Crippen molar-refractivity contribution in [2.24, 2.45) is 5.92 Å². The average molecular weight is 303 g/mol. The summed E-state index contributed by atoms with van der Waals surface area (Å²) in [5.74, 6) is 1.19. The predicted octanol–water partition coefficient (Wildman–Crippen LogP) is 3.78. The van der Waals surface area contributed by atoms with Crippen LogP contribution in [-0.4, -0.2) is 19.5 Å². The summed E-state index contributed by atoms with van der Waals surface area (Å²) < 4.78 is 10.9. The van der Waals surface area contributed by atoms with Gasteiger partial charge in [0, 0.05) is 5.02 Å². The lowest BCUT2D eigenvalue weighted by Crippen LogP contribution is -2.28. The Morgan fingerprint density at radius 2 is 2.10 bits per heavy atom. The fourth-order valence-corrected chi connectivity index (χ4v) is 2.76. The van der Waals surface area contributed by atoms with E-state index in [4.69, 9.17) is 21.1 Å². The fraction of sp³-hybridized carbons (Fsp3) is 0.235. The highest BCUT2D eigenvalue weighted by molar-refractivity contribution is 6.31. The van der Waals surface area contributed by atoms with E-state index in [2.05, 4.69) is 0 Å². The maximum atomic E-state index is 12.7. The van der Waals surface area contributed by atoms with Gasteiger partial charge in [-0.2, -0.15) is 0 Å². The highest BCUT2D eigenvalue weighted by atomic mass is 35.5. The van der Waals surface area contributed by atoms with Gasteiger partial charge in [-0.25, -0.2) is 0 Å². The first-order chi connectivity index (χ1) is 10.2. The van der Waals surface area contributed by atoms with E-state index < -0.39 is 0 Å². The molecular weight excluding hydrogens is 288 g/mol. The Morgan fingerprint density at radius 3 is 2.90 bits per heavy atom. The number of Topliss-reactive ketones (excluding diaryl/α,β-unsaturated/α-hetero) is 1. The number of rotatable bonds is 3. The van der Waals surface area contributed by atoms with Crippen molar-refractivity contribution in [3.8, 4) is 11.5 Å². The van der Waals surface area contributed by atoms with Gasteiger partial charge in [-0.1, -0.05) is 29.8 Å². The molecule has 1 aliphatic heterocycles. The standard InChI is InChI=1S/C17H15ClO3/c1-20-16-7-6-13(18)9-14(16)17(19)12-8-11-4-2-3-5-15(11)21-10-12/h2-7,9,12H,8,10H2,1H3. The molecule has 3 rings (SSSR count). The average Bonchev–Trinajstić information content (AvgIpc) is 2.53. The van der Waals surface area contributed by atoms with E-state index in [-0.39, 0.29) is 11.7 Å². The molecule has 0 saturated heterocycles. The Labute approximate surface area is 128 Å². The van der Waals surface area contributed by atoms with E-state index in [9.17, 15) is 4.79 Å². The number of fused-ring (bicyclic) bond motifs is 1. The first-order valence-electron chi connectivity index (χ1n) is 6.77. The summed E-state index contributed by atoms with van der Waals surface area (Å²) in [6.45, 7) is 0.380.